The van der Waals surface area contributed by atoms with Gasteiger partial charge in [-0.15, -0.1) is 0 Å². The number of ether oxygens (including phenoxy) is 1. The lowest BCUT2D eigenvalue weighted by Crippen LogP contribution is -2.27. The van der Waals surface area contributed by atoms with Gasteiger partial charge in [-0.1, -0.05) is 0 Å². The zero-order valence-corrected chi connectivity index (χ0v) is 10.1. The largest absolute Gasteiger partial charge is 0.504 e. The summed E-state index contributed by atoms with van der Waals surface area (Å²) in [6, 6.07) is 1.02. The molecule has 0 saturated heterocycles. The second-order valence-corrected chi connectivity index (χ2v) is 4.43. The van der Waals surface area contributed by atoms with Gasteiger partial charge in [0.1, 0.15) is 5.56 Å². The van der Waals surface area contributed by atoms with Crippen LogP contribution in [-0.2, 0) is 19.1 Å². The molecule has 2 rings (SSSR count). The zero-order chi connectivity index (χ0) is 13.5. The van der Waals surface area contributed by atoms with Gasteiger partial charge in [-0.25, -0.2) is 0 Å². The fourth-order valence-electron chi connectivity index (χ4n) is 2.26. The molecule has 1 aromatic carbocycles. The Morgan fingerprint density at radius 2 is 2.06 bits per heavy atom. The Morgan fingerprint density at radius 1 is 1.39 bits per heavy atom. The second kappa shape index (κ2) is 4.35. The highest BCUT2D eigenvalue weighted by molar-refractivity contribution is 5.56. The molecule has 0 spiro atoms. The van der Waals surface area contributed by atoms with Crippen molar-refractivity contribution in [2.24, 2.45) is 0 Å². The summed E-state index contributed by atoms with van der Waals surface area (Å²) in [6.45, 7) is 1.16. The van der Waals surface area contributed by atoms with E-state index in [0.29, 0.717) is 24.1 Å². The van der Waals surface area contributed by atoms with Gasteiger partial charge in [0.05, 0.1) is 7.11 Å². The number of phenolic OH excluding ortho intramolecular Hbond substituents is 1. The van der Waals surface area contributed by atoms with Crippen LogP contribution < -0.4 is 4.74 Å². The lowest BCUT2D eigenvalue weighted by Gasteiger charge is -2.28. The number of nitrogens with zero attached hydrogens (tertiary/aromatic N) is 1. The van der Waals surface area contributed by atoms with Crippen LogP contribution >= 0.6 is 0 Å². The van der Waals surface area contributed by atoms with Crippen molar-refractivity contribution in [2.45, 2.75) is 19.1 Å². The van der Waals surface area contributed by atoms with Gasteiger partial charge in [-0.3, -0.25) is 0 Å². The van der Waals surface area contributed by atoms with Crippen LogP contribution in [0.2, 0.25) is 0 Å². The molecule has 0 aliphatic carbocycles. The number of benzene rings is 1. The van der Waals surface area contributed by atoms with E-state index in [1.165, 1.54) is 7.11 Å². The standard InChI is InChI=1S/C12H14F3NO2/c1-16-4-3-8-7(6-16)5-9(12(13,14)15)10(17)11(8)18-2/h5,17H,3-4,6H2,1-2H3. The van der Waals surface area contributed by atoms with Gasteiger partial charge in [0, 0.05) is 18.7 Å². The molecule has 1 aromatic rings. The van der Waals surface area contributed by atoms with Crippen molar-refractivity contribution in [2.75, 3.05) is 20.7 Å². The number of rotatable bonds is 1. The SMILES string of the molecule is COc1c(O)c(C(F)(F)F)cc2c1CCN(C)C2. The Labute approximate surface area is 103 Å². The first-order chi connectivity index (χ1) is 8.34. The molecule has 1 aliphatic rings. The summed E-state index contributed by atoms with van der Waals surface area (Å²) in [5.41, 5.74) is 0.195. The van der Waals surface area contributed by atoms with Crippen molar-refractivity contribution >= 4 is 0 Å². The van der Waals surface area contributed by atoms with Crippen molar-refractivity contribution in [3.05, 3.63) is 22.8 Å². The number of fused-ring (bicyclic) bond motifs is 1. The van der Waals surface area contributed by atoms with Crippen LogP contribution in [0.4, 0.5) is 13.2 Å². The normalized spacial score (nSPS) is 16.5. The van der Waals surface area contributed by atoms with Crippen molar-refractivity contribution in [3.63, 3.8) is 0 Å². The van der Waals surface area contributed by atoms with Gasteiger partial charge < -0.3 is 14.7 Å². The highest BCUT2D eigenvalue weighted by atomic mass is 19.4. The lowest BCUT2D eigenvalue weighted by molar-refractivity contribution is -0.139. The zero-order valence-electron chi connectivity index (χ0n) is 10.1. The van der Waals surface area contributed by atoms with E-state index in [9.17, 15) is 18.3 Å². The van der Waals surface area contributed by atoms with Crippen LogP contribution in [0.5, 0.6) is 11.5 Å². The Morgan fingerprint density at radius 3 is 2.61 bits per heavy atom. The molecule has 0 bridgehead atoms. The summed E-state index contributed by atoms with van der Waals surface area (Å²) in [4.78, 5) is 1.93. The highest BCUT2D eigenvalue weighted by Crippen LogP contribution is 2.45. The van der Waals surface area contributed by atoms with Crippen molar-refractivity contribution in [1.29, 1.82) is 0 Å². The highest BCUT2D eigenvalue weighted by Gasteiger charge is 2.37. The Bertz CT molecular complexity index is 471. The van der Waals surface area contributed by atoms with E-state index in [1.807, 2.05) is 11.9 Å². The van der Waals surface area contributed by atoms with Crippen LogP contribution in [-0.4, -0.2) is 30.7 Å². The van der Waals surface area contributed by atoms with E-state index in [1.54, 1.807) is 0 Å². The maximum absolute atomic E-state index is 12.8. The Balaban J connectivity index is 2.62. The maximum atomic E-state index is 12.8. The van der Waals surface area contributed by atoms with Gasteiger partial charge in [-0.2, -0.15) is 13.2 Å². The Kier molecular flexibility index (Phi) is 3.14. The van der Waals surface area contributed by atoms with Crippen molar-refractivity contribution in [3.8, 4) is 11.5 Å². The third-order valence-electron chi connectivity index (χ3n) is 3.14. The van der Waals surface area contributed by atoms with E-state index < -0.39 is 17.5 Å². The van der Waals surface area contributed by atoms with Gasteiger partial charge in [0.2, 0.25) is 0 Å². The van der Waals surface area contributed by atoms with E-state index in [0.717, 1.165) is 12.6 Å². The first-order valence-electron chi connectivity index (χ1n) is 5.52. The van der Waals surface area contributed by atoms with Crippen LogP contribution in [0.15, 0.2) is 6.07 Å². The number of hydrogen-bond acceptors (Lipinski definition) is 3. The third kappa shape index (κ3) is 2.12. The minimum absolute atomic E-state index is 0.0482. The monoisotopic (exact) mass is 261 g/mol. The van der Waals surface area contributed by atoms with Gasteiger partial charge in [-0.05, 0) is 25.1 Å². The van der Waals surface area contributed by atoms with Gasteiger partial charge in [0.25, 0.3) is 0 Å². The molecule has 1 N–H and O–H groups in total. The van der Waals surface area contributed by atoms with Crippen LogP contribution in [0.1, 0.15) is 16.7 Å². The summed E-state index contributed by atoms with van der Waals surface area (Å²) in [5, 5.41) is 9.69. The molecule has 18 heavy (non-hydrogen) atoms. The second-order valence-electron chi connectivity index (χ2n) is 4.43. The fraction of sp³-hybridized carbons (Fsp3) is 0.500. The van der Waals surface area contributed by atoms with Crippen molar-refractivity contribution < 1.29 is 23.0 Å². The summed E-state index contributed by atoms with van der Waals surface area (Å²) >= 11 is 0. The average Bonchev–Trinajstić information content (AvgIpc) is 2.27. The molecule has 3 nitrogen and oxygen atoms in total. The molecule has 1 aliphatic heterocycles. The van der Waals surface area contributed by atoms with Crippen LogP contribution in [0.25, 0.3) is 0 Å². The number of phenols is 1. The van der Waals surface area contributed by atoms with Crippen LogP contribution in [0.3, 0.4) is 0 Å². The van der Waals surface area contributed by atoms with E-state index >= 15 is 0 Å². The first-order valence-corrected chi connectivity index (χ1v) is 5.52. The topological polar surface area (TPSA) is 32.7 Å². The lowest BCUT2D eigenvalue weighted by atomic mass is 9.95. The molecule has 0 amide bonds. The smallest absolute Gasteiger partial charge is 0.420 e. The minimum Gasteiger partial charge on any atom is -0.504 e. The molecule has 0 aromatic heterocycles. The van der Waals surface area contributed by atoms with E-state index in [2.05, 4.69) is 0 Å². The predicted molar refractivity (Wildman–Crippen MR) is 59.7 cm³/mol. The molecular weight excluding hydrogens is 247 g/mol. The molecule has 0 unspecified atom stereocenters. The van der Waals surface area contributed by atoms with Crippen molar-refractivity contribution in [1.82, 2.24) is 4.90 Å². The summed E-state index contributed by atoms with van der Waals surface area (Å²) in [5.74, 6) is -0.860. The molecule has 0 atom stereocenters. The summed E-state index contributed by atoms with van der Waals surface area (Å²) in [7, 11) is 3.11. The fourth-order valence-corrected chi connectivity index (χ4v) is 2.26. The quantitative estimate of drug-likeness (QED) is 0.842. The molecular formula is C12H14F3NO2. The number of methoxy groups -OCH3 is 1. The van der Waals surface area contributed by atoms with E-state index in [-0.39, 0.29) is 5.75 Å². The molecule has 0 radical (unpaired) electrons. The summed E-state index contributed by atoms with van der Waals surface area (Å²) < 4.78 is 43.4. The minimum atomic E-state index is -4.58. The molecule has 100 valence electrons. The maximum Gasteiger partial charge on any atom is 0.420 e. The molecule has 1 heterocycles. The van der Waals surface area contributed by atoms with E-state index in [4.69, 9.17) is 4.74 Å². The third-order valence-corrected chi connectivity index (χ3v) is 3.14. The molecule has 6 heteroatoms. The number of likely N-dealkylation sites (N-methyl/N-ethyl adjacent to an activating group) is 1. The molecule has 0 saturated carbocycles. The predicted octanol–water partition coefficient (Wildman–Crippen LogP) is 2.41. The number of aromatic hydroxyl groups is 1. The Hall–Kier alpha value is -1.43. The average molecular weight is 261 g/mol. The van der Waals surface area contributed by atoms with Crippen LogP contribution in [0, 0.1) is 0 Å². The first kappa shape index (κ1) is 13.0. The summed E-state index contributed by atoms with van der Waals surface area (Å²) in [6.07, 6.45) is -4.01. The number of alkyl halides is 3. The van der Waals surface area contributed by atoms with Gasteiger partial charge >= 0.3 is 6.18 Å². The number of hydrogen-bond donors (Lipinski definition) is 1. The molecule has 0 fully saturated rings. The van der Waals surface area contributed by atoms with Gasteiger partial charge in [0.15, 0.2) is 11.5 Å². The number of halogens is 3.